The predicted molar refractivity (Wildman–Crippen MR) is 77.3 cm³/mol. The lowest BCUT2D eigenvalue weighted by Gasteiger charge is -2.12. The molecular weight excluding hydrogens is 238 g/mol. The standard InChI is InChI=1S/C15H19N3O/c1-11-14(12-7-5-4-6-8-12)17-13(9-10-19-3)18-15(11)16-2/h4-8H,9-10H2,1-3H3,(H,16,17,18). The summed E-state index contributed by atoms with van der Waals surface area (Å²) >= 11 is 0. The molecule has 0 fully saturated rings. The maximum atomic E-state index is 5.09. The highest BCUT2D eigenvalue weighted by Crippen LogP contribution is 2.25. The topological polar surface area (TPSA) is 47.0 Å². The number of aromatic nitrogens is 2. The van der Waals surface area contributed by atoms with Gasteiger partial charge in [0.05, 0.1) is 12.3 Å². The number of ether oxygens (including phenoxy) is 1. The minimum Gasteiger partial charge on any atom is -0.384 e. The van der Waals surface area contributed by atoms with Gasteiger partial charge in [-0.2, -0.15) is 0 Å². The van der Waals surface area contributed by atoms with Gasteiger partial charge in [-0.05, 0) is 6.92 Å². The SMILES string of the molecule is CNc1nc(CCOC)nc(-c2ccccc2)c1C. The highest BCUT2D eigenvalue weighted by atomic mass is 16.5. The summed E-state index contributed by atoms with van der Waals surface area (Å²) in [7, 11) is 3.56. The summed E-state index contributed by atoms with van der Waals surface area (Å²) in [6.45, 7) is 2.66. The van der Waals surface area contributed by atoms with Crippen LogP contribution in [0.3, 0.4) is 0 Å². The van der Waals surface area contributed by atoms with Crippen molar-refractivity contribution in [1.82, 2.24) is 9.97 Å². The van der Waals surface area contributed by atoms with Crippen LogP contribution in [0.5, 0.6) is 0 Å². The molecule has 4 nitrogen and oxygen atoms in total. The van der Waals surface area contributed by atoms with Crippen LogP contribution in [0.15, 0.2) is 30.3 Å². The summed E-state index contributed by atoms with van der Waals surface area (Å²) in [5.74, 6) is 1.68. The smallest absolute Gasteiger partial charge is 0.133 e. The van der Waals surface area contributed by atoms with Crippen molar-refractivity contribution in [1.29, 1.82) is 0 Å². The van der Waals surface area contributed by atoms with Crippen molar-refractivity contribution in [3.05, 3.63) is 41.7 Å². The van der Waals surface area contributed by atoms with E-state index >= 15 is 0 Å². The van der Waals surface area contributed by atoms with Gasteiger partial charge in [0.25, 0.3) is 0 Å². The van der Waals surface area contributed by atoms with E-state index in [2.05, 4.69) is 27.4 Å². The summed E-state index contributed by atoms with van der Waals surface area (Å²) in [4.78, 5) is 9.17. The third-order valence-corrected chi connectivity index (χ3v) is 3.01. The zero-order valence-electron chi connectivity index (χ0n) is 11.6. The second-order valence-corrected chi connectivity index (χ2v) is 4.32. The normalized spacial score (nSPS) is 10.5. The number of hydrogen-bond donors (Lipinski definition) is 1. The van der Waals surface area contributed by atoms with E-state index in [0.29, 0.717) is 13.0 Å². The van der Waals surface area contributed by atoms with Crippen LogP contribution < -0.4 is 5.32 Å². The molecule has 0 bridgehead atoms. The summed E-state index contributed by atoms with van der Waals surface area (Å²) in [6, 6.07) is 10.2. The molecule has 0 aliphatic heterocycles. The average Bonchev–Trinajstić information content (AvgIpc) is 2.47. The van der Waals surface area contributed by atoms with Gasteiger partial charge in [0.2, 0.25) is 0 Å². The first-order valence-corrected chi connectivity index (χ1v) is 6.36. The third-order valence-electron chi connectivity index (χ3n) is 3.01. The maximum absolute atomic E-state index is 5.09. The van der Waals surface area contributed by atoms with E-state index in [1.54, 1.807) is 7.11 Å². The lowest BCUT2D eigenvalue weighted by molar-refractivity contribution is 0.200. The van der Waals surface area contributed by atoms with Gasteiger partial charge in [0.15, 0.2) is 0 Å². The molecule has 0 saturated heterocycles. The van der Waals surface area contributed by atoms with E-state index in [1.807, 2.05) is 32.2 Å². The van der Waals surface area contributed by atoms with Gasteiger partial charge in [-0.1, -0.05) is 30.3 Å². The highest BCUT2D eigenvalue weighted by molar-refractivity contribution is 5.67. The summed E-state index contributed by atoms with van der Waals surface area (Å²) < 4.78 is 5.09. The van der Waals surface area contributed by atoms with Crippen molar-refractivity contribution < 1.29 is 4.74 Å². The fourth-order valence-electron chi connectivity index (χ4n) is 1.99. The fraction of sp³-hybridized carbons (Fsp3) is 0.333. The van der Waals surface area contributed by atoms with Crippen molar-refractivity contribution in [2.75, 3.05) is 26.1 Å². The van der Waals surface area contributed by atoms with Gasteiger partial charge in [-0.25, -0.2) is 9.97 Å². The Bertz CT molecular complexity index is 541. The predicted octanol–water partition coefficient (Wildman–Crippen LogP) is 2.68. The zero-order valence-corrected chi connectivity index (χ0v) is 11.6. The number of anilines is 1. The van der Waals surface area contributed by atoms with E-state index in [-0.39, 0.29) is 0 Å². The molecule has 1 heterocycles. The molecule has 0 aliphatic carbocycles. The van der Waals surface area contributed by atoms with Crippen LogP contribution in [0.4, 0.5) is 5.82 Å². The Balaban J connectivity index is 2.46. The van der Waals surface area contributed by atoms with Crippen LogP contribution in [0.2, 0.25) is 0 Å². The van der Waals surface area contributed by atoms with Crippen molar-refractivity contribution in [2.24, 2.45) is 0 Å². The minimum atomic E-state index is 0.625. The first-order valence-electron chi connectivity index (χ1n) is 6.36. The van der Waals surface area contributed by atoms with Crippen LogP contribution in [-0.4, -0.2) is 30.7 Å². The highest BCUT2D eigenvalue weighted by Gasteiger charge is 2.11. The van der Waals surface area contributed by atoms with Crippen molar-refractivity contribution in [2.45, 2.75) is 13.3 Å². The van der Waals surface area contributed by atoms with Crippen LogP contribution in [0, 0.1) is 6.92 Å². The van der Waals surface area contributed by atoms with E-state index in [9.17, 15) is 0 Å². The number of rotatable bonds is 5. The molecule has 0 saturated carbocycles. The molecule has 0 spiro atoms. The Morgan fingerprint density at radius 3 is 2.53 bits per heavy atom. The van der Waals surface area contributed by atoms with Crippen LogP contribution in [0.25, 0.3) is 11.3 Å². The van der Waals surface area contributed by atoms with Gasteiger partial charge >= 0.3 is 0 Å². The number of hydrogen-bond acceptors (Lipinski definition) is 4. The van der Waals surface area contributed by atoms with Crippen LogP contribution >= 0.6 is 0 Å². The summed E-state index contributed by atoms with van der Waals surface area (Å²) in [5.41, 5.74) is 3.15. The van der Waals surface area contributed by atoms with E-state index in [0.717, 1.165) is 28.5 Å². The van der Waals surface area contributed by atoms with Crippen molar-refractivity contribution >= 4 is 5.82 Å². The molecule has 19 heavy (non-hydrogen) atoms. The summed E-state index contributed by atoms with van der Waals surface area (Å²) in [6.07, 6.45) is 0.714. The molecule has 1 N–H and O–H groups in total. The van der Waals surface area contributed by atoms with E-state index < -0.39 is 0 Å². The number of benzene rings is 1. The lowest BCUT2D eigenvalue weighted by atomic mass is 10.1. The number of methoxy groups -OCH3 is 1. The molecular formula is C15H19N3O. The number of nitrogens with one attached hydrogen (secondary N) is 1. The second-order valence-electron chi connectivity index (χ2n) is 4.32. The lowest BCUT2D eigenvalue weighted by Crippen LogP contribution is -2.07. The van der Waals surface area contributed by atoms with Gasteiger partial charge in [0.1, 0.15) is 11.6 Å². The fourth-order valence-corrected chi connectivity index (χ4v) is 1.99. The van der Waals surface area contributed by atoms with Gasteiger partial charge in [-0.3, -0.25) is 0 Å². The molecule has 100 valence electrons. The van der Waals surface area contributed by atoms with Crippen molar-refractivity contribution in [3.63, 3.8) is 0 Å². The molecule has 0 amide bonds. The number of nitrogens with zero attached hydrogens (tertiary/aromatic N) is 2. The Morgan fingerprint density at radius 2 is 1.89 bits per heavy atom. The maximum Gasteiger partial charge on any atom is 0.133 e. The molecule has 2 rings (SSSR count). The minimum absolute atomic E-state index is 0.625. The zero-order chi connectivity index (χ0) is 13.7. The van der Waals surface area contributed by atoms with Crippen LogP contribution in [0.1, 0.15) is 11.4 Å². The molecule has 4 heteroatoms. The van der Waals surface area contributed by atoms with E-state index in [1.165, 1.54) is 0 Å². The molecule has 0 unspecified atom stereocenters. The third kappa shape index (κ3) is 3.09. The van der Waals surface area contributed by atoms with E-state index in [4.69, 9.17) is 4.74 Å². The van der Waals surface area contributed by atoms with Crippen LogP contribution in [-0.2, 0) is 11.2 Å². The second kappa shape index (κ2) is 6.29. The first-order chi connectivity index (χ1) is 9.26. The van der Waals surface area contributed by atoms with Gasteiger partial charge in [0, 0.05) is 31.7 Å². The molecule has 2 aromatic rings. The Hall–Kier alpha value is -1.94. The molecule has 1 aromatic carbocycles. The largest absolute Gasteiger partial charge is 0.384 e. The molecule has 1 aromatic heterocycles. The quantitative estimate of drug-likeness (QED) is 0.894. The summed E-state index contributed by atoms with van der Waals surface area (Å²) in [5, 5.41) is 3.13. The van der Waals surface area contributed by atoms with Crippen molar-refractivity contribution in [3.8, 4) is 11.3 Å². The Kier molecular flexibility index (Phi) is 4.47. The Labute approximate surface area is 113 Å². The first kappa shape index (κ1) is 13.5. The van der Waals surface area contributed by atoms with Gasteiger partial charge in [-0.15, -0.1) is 0 Å². The van der Waals surface area contributed by atoms with Gasteiger partial charge < -0.3 is 10.1 Å². The molecule has 0 radical (unpaired) electrons. The Morgan fingerprint density at radius 1 is 1.16 bits per heavy atom. The molecule has 0 atom stereocenters. The monoisotopic (exact) mass is 257 g/mol. The average molecular weight is 257 g/mol. The molecule has 0 aliphatic rings.